The highest BCUT2D eigenvalue weighted by Crippen LogP contribution is 2.17. The first kappa shape index (κ1) is 14.7. The molecule has 0 radical (unpaired) electrons. The third-order valence-electron chi connectivity index (χ3n) is 4.16. The largest absolute Gasteiger partial charge is 0.338 e. The monoisotopic (exact) mass is 295 g/mol. The summed E-state index contributed by atoms with van der Waals surface area (Å²) in [5.74, 6) is 0.252. The average Bonchev–Trinajstić information content (AvgIpc) is 2.59. The van der Waals surface area contributed by atoms with Gasteiger partial charge in [-0.3, -0.25) is 4.79 Å². The van der Waals surface area contributed by atoms with E-state index in [4.69, 9.17) is 0 Å². The van der Waals surface area contributed by atoms with Gasteiger partial charge < -0.3 is 4.90 Å². The number of amides is 1. The van der Waals surface area contributed by atoms with E-state index in [0.29, 0.717) is 13.0 Å². The van der Waals surface area contributed by atoms with E-state index in [2.05, 4.69) is 34.2 Å². The minimum atomic E-state index is 0.252. The number of hydrogen-bond acceptors (Lipinski definition) is 3. The Morgan fingerprint density at radius 2 is 2.05 bits per heavy atom. The van der Waals surface area contributed by atoms with E-state index in [0.717, 1.165) is 43.5 Å². The van der Waals surface area contributed by atoms with Crippen molar-refractivity contribution >= 4 is 5.91 Å². The summed E-state index contributed by atoms with van der Waals surface area (Å²) < 4.78 is 0. The lowest BCUT2D eigenvalue weighted by molar-refractivity contribution is -0.132. The third-order valence-corrected chi connectivity index (χ3v) is 4.16. The lowest BCUT2D eigenvalue weighted by atomic mass is 10.0. The number of nitrogens with zero attached hydrogens (tertiary/aromatic N) is 3. The second kappa shape index (κ2) is 7.16. The molecule has 22 heavy (non-hydrogen) atoms. The summed E-state index contributed by atoms with van der Waals surface area (Å²) in [5, 5.41) is 0. The minimum Gasteiger partial charge on any atom is -0.338 e. The molecule has 2 aromatic rings. The maximum absolute atomic E-state index is 12.3. The molecule has 2 heterocycles. The topological polar surface area (TPSA) is 46.1 Å². The van der Waals surface area contributed by atoms with Gasteiger partial charge >= 0.3 is 0 Å². The highest BCUT2D eigenvalue weighted by molar-refractivity contribution is 5.76. The van der Waals surface area contributed by atoms with Crippen molar-refractivity contribution < 1.29 is 4.79 Å². The first-order valence-electron chi connectivity index (χ1n) is 7.92. The van der Waals surface area contributed by atoms with E-state index in [1.165, 1.54) is 5.56 Å². The molecule has 1 amide bonds. The van der Waals surface area contributed by atoms with Crippen molar-refractivity contribution in [2.45, 2.75) is 38.6 Å². The van der Waals surface area contributed by atoms with Crippen molar-refractivity contribution in [3.8, 4) is 0 Å². The smallest absolute Gasteiger partial charge is 0.222 e. The molecule has 0 fully saturated rings. The minimum absolute atomic E-state index is 0.252. The molecule has 1 aromatic heterocycles. The van der Waals surface area contributed by atoms with Crippen LogP contribution in [0.15, 0.2) is 42.9 Å². The van der Waals surface area contributed by atoms with Crippen LogP contribution in [0.3, 0.4) is 0 Å². The molecule has 0 unspecified atom stereocenters. The van der Waals surface area contributed by atoms with Gasteiger partial charge in [-0.2, -0.15) is 0 Å². The van der Waals surface area contributed by atoms with E-state index in [1.807, 2.05) is 17.2 Å². The number of rotatable bonds is 5. The summed E-state index contributed by atoms with van der Waals surface area (Å²) in [6.45, 7) is 1.44. The molecule has 3 rings (SSSR count). The fraction of sp³-hybridized carbons (Fsp3) is 0.389. The second-order valence-electron chi connectivity index (χ2n) is 5.75. The molecule has 1 aliphatic heterocycles. The SMILES string of the molecule is O=C(CCCCc1ccccc1)N1CCc2ncncc2C1. The molecule has 0 saturated carbocycles. The number of carbonyl (C=O) groups excluding carboxylic acids is 1. The lowest BCUT2D eigenvalue weighted by Gasteiger charge is -2.27. The van der Waals surface area contributed by atoms with Gasteiger partial charge in [0.25, 0.3) is 0 Å². The van der Waals surface area contributed by atoms with Crippen molar-refractivity contribution in [1.82, 2.24) is 14.9 Å². The summed E-state index contributed by atoms with van der Waals surface area (Å²) in [6, 6.07) is 10.4. The quantitative estimate of drug-likeness (QED) is 0.797. The zero-order valence-corrected chi connectivity index (χ0v) is 12.7. The zero-order valence-electron chi connectivity index (χ0n) is 12.7. The summed E-state index contributed by atoms with van der Waals surface area (Å²) in [4.78, 5) is 22.6. The molecular weight excluding hydrogens is 274 g/mol. The molecule has 0 atom stereocenters. The molecule has 0 saturated heterocycles. The number of unbranched alkanes of at least 4 members (excludes halogenated alkanes) is 1. The van der Waals surface area contributed by atoms with Crippen LogP contribution in [0.1, 0.15) is 36.1 Å². The zero-order chi connectivity index (χ0) is 15.2. The van der Waals surface area contributed by atoms with E-state index < -0.39 is 0 Å². The van der Waals surface area contributed by atoms with Gasteiger partial charge in [-0.1, -0.05) is 30.3 Å². The molecule has 4 heteroatoms. The summed E-state index contributed by atoms with van der Waals surface area (Å²) >= 11 is 0. The van der Waals surface area contributed by atoms with Crippen molar-refractivity contribution in [2.24, 2.45) is 0 Å². The van der Waals surface area contributed by atoms with Crippen LogP contribution in [-0.2, 0) is 24.2 Å². The van der Waals surface area contributed by atoms with Gasteiger partial charge in [0.2, 0.25) is 5.91 Å². The average molecular weight is 295 g/mol. The van der Waals surface area contributed by atoms with Crippen molar-refractivity contribution in [2.75, 3.05) is 6.54 Å². The number of fused-ring (bicyclic) bond motifs is 1. The summed E-state index contributed by atoms with van der Waals surface area (Å²) in [7, 11) is 0. The Balaban J connectivity index is 1.43. The summed E-state index contributed by atoms with van der Waals surface area (Å²) in [6.07, 6.45) is 7.94. The first-order valence-corrected chi connectivity index (χ1v) is 7.92. The molecular formula is C18H21N3O. The Morgan fingerprint density at radius 1 is 1.18 bits per heavy atom. The van der Waals surface area contributed by atoms with Crippen molar-refractivity contribution in [3.05, 3.63) is 59.7 Å². The Bertz CT molecular complexity index is 627. The van der Waals surface area contributed by atoms with Gasteiger partial charge in [0.15, 0.2) is 0 Å². The Kier molecular flexibility index (Phi) is 4.78. The molecule has 4 nitrogen and oxygen atoms in total. The van der Waals surface area contributed by atoms with Crippen LogP contribution < -0.4 is 0 Å². The van der Waals surface area contributed by atoms with E-state index in [-0.39, 0.29) is 5.91 Å². The maximum atomic E-state index is 12.3. The number of hydrogen-bond donors (Lipinski definition) is 0. The number of benzene rings is 1. The Labute approximate surface area is 131 Å². The van der Waals surface area contributed by atoms with E-state index in [1.54, 1.807) is 6.33 Å². The Hall–Kier alpha value is -2.23. The second-order valence-corrected chi connectivity index (χ2v) is 5.75. The van der Waals surface area contributed by atoms with Crippen molar-refractivity contribution in [1.29, 1.82) is 0 Å². The predicted octanol–water partition coefficient (Wildman–Crippen LogP) is 2.77. The molecule has 1 aromatic carbocycles. The third kappa shape index (κ3) is 3.70. The first-order chi connectivity index (χ1) is 10.8. The number of carbonyl (C=O) groups is 1. The van der Waals surface area contributed by atoms with Crippen LogP contribution in [0.25, 0.3) is 0 Å². The molecule has 0 bridgehead atoms. The van der Waals surface area contributed by atoms with Gasteiger partial charge in [0.05, 0.1) is 5.69 Å². The molecule has 1 aliphatic rings. The van der Waals surface area contributed by atoms with Crippen molar-refractivity contribution in [3.63, 3.8) is 0 Å². The number of aryl methyl sites for hydroxylation is 1. The molecule has 114 valence electrons. The van der Waals surface area contributed by atoms with Crippen LogP contribution in [0.5, 0.6) is 0 Å². The van der Waals surface area contributed by atoms with E-state index >= 15 is 0 Å². The van der Waals surface area contributed by atoms with Crippen LogP contribution in [-0.4, -0.2) is 27.3 Å². The van der Waals surface area contributed by atoms with Gasteiger partial charge in [0.1, 0.15) is 6.33 Å². The molecule has 0 spiro atoms. The van der Waals surface area contributed by atoms with Gasteiger partial charge in [-0.15, -0.1) is 0 Å². The highest BCUT2D eigenvalue weighted by atomic mass is 16.2. The number of aromatic nitrogens is 2. The molecule has 0 N–H and O–H groups in total. The molecule has 0 aliphatic carbocycles. The fourth-order valence-corrected chi connectivity index (χ4v) is 2.89. The predicted molar refractivity (Wildman–Crippen MR) is 85.2 cm³/mol. The van der Waals surface area contributed by atoms with Crippen LogP contribution in [0.2, 0.25) is 0 Å². The Morgan fingerprint density at radius 3 is 2.91 bits per heavy atom. The fourth-order valence-electron chi connectivity index (χ4n) is 2.89. The van der Waals surface area contributed by atoms with Gasteiger partial charge in [0, 0.05) is 37.7 Å². The summed E-state index contributed by atoms with van der Waals surface area (Å²) in [5.41, 5.74) is 3.52. The standard InChI is InChI=1S/C18H21N3O/c22-18(9-5-4-8-15-6-2-1-3-7-15)21-11-10-17-16(13-21)12-19-14-20-17/h1-3,6-7,12,14H,4-5,8-11,13H2. The lowest BCUT2D eigenvalue weighted by Crippen LogP contribution is -2.36. The maximum Gasteiger partial charge on any atom is 0.222 e. The highest BCUT2D eigenvalue weighted by Gasteiger charge is 2.20. The normalized spacial score (nSPS) is 13.7. The van der Waals surface area contributed by atoms with Crippen LogP contribution in [0.4, 0.5) is 0 Å². The van der Waals surface area contributed by atoms with Crippen LogP contribution in [0, 0.1) is 0 Å². The van der Waals surface area contributed by atoms with Crippen LogP contribution >= 0.6 is 0 Å². The van der Waals surface area contributed by atoms with E-state index in [9.17, 15) is 4.79 Å². The van der Waals surface area contributed by atoms with Gasteiger partial charge in [-0.25, -0.2) is 9.97 Å². The van der Waals surface area contributed by atoms with Gasteiger partial charge in [-0.05, 0) is 24.8 Å².